The first-order chi connectivity index (χ1) is 25.0. The van der Waals surface area contributed by atoms with Crippen LogP contribution in [0.5, 0.6) is 0 Å². The smallest absolute Gasteiger partial charge is 0.187 e. The van der Waals surface area contributed by atoms with Gasteiger partial charge in [0.25, 0.3) is 0 Å². The van der Waals surface area contributed by atoms with Crippen LogP contribution in [0.3, 0.4) is 0 Å². The average Bonchev–Trinajstić information content (AvgIpc) is 3.55. The molecule has 2 aliphatic heterocycles. The third kappa shape index (κ3) is 7.17. The molecule has 6 rings (SSSR count). The van der Waals surface area contributed by atoms with Crippen LogP contribution in [-0.4, -0.2) is 154 Å². The fraction of sp³-hybridized carbons (Fsp3) is 1.00. The van der Waals surface area contributed by atoms with Gasteiger partial charge in [0.05, 0.1) is 49.3 Å². The zero-order valence-corrected chi connectivity index (χ0v) is 32.6. The number of hydrogen-bond acceptors (Lipinski definition) is 14. The zero-order valence-electron chi connectivity index (χ0n) is 32.6. The highest BCUT2D eigenvalue weighted by Crippen LogP contribution is 2.70. The van der Waals surface area contributed by atoms with Crippen molar-refractivity contribution in [1.29, 1.82) is 0 Å². The van der Waals surface area contributed by atoms with E-state index in [0.29, 0.717) is 32.1 Å². The van der Waals surface area contributed by atoms with E-state index in [-0.39, 0.29) is 48.2 Å². The molecule has 4 aliphatic carbocycles. The molecule has 0 bridgehead atoms. The Balaban J connectivity index is 1.14. The minimum Gasteiger partial charge on any atom is -0.394 e. The van der Waals surface area contributed by atoms with E-state index in [1.165, 1.54) is 14.2 Å². The van der Waals surface area contributed by atoms with Crippen molar-refractivity contribution in [3.8, 4) is 0 Å². The fourth-order valence-electron chi connectivity index (χ4n) is 12.5. The number of aliphatic hydroxyl groups excluding tert-OH is 7. The Hall–Kier alpha value is -0.560. The van der Waals surface area contributed by atoms with Crippen LogP contribution in [0.2, 0.25) is 0 Å². The summed E-state index contributed by atoms with van der Waals surface area (Å²) >= 11 is 0. The van der Waals surface area contributed by atoms with Gasteiger partial charge in [-0.05, 0) is 79.4 Å². The van der Waals surface area contributed by atoms with Gasteiger partial charge in [-0.3, -0.25) is 0 Å². The lowest BCUT2D eigenvalue weighted by Gasteiger charge is -2.66. The van der Waals surface area contributed by atoms with E-state index in [0.717, 1.165) is 12.8 Å². The summed E-state index contributed by atoms with van der Waals surface area (Å²) in [5, 5.41) is 89.2. The summed E-state index contributed by atoms with van der Waals surface area (Å²) in [4.78, 5) is 0. The summed E-state index contributed by atoms with van der Waals surface area (Å²) in [5.74, 6) is -0.891. The Kier molecular flexibility index (Phi) is 12.7. The fourth-order valence-corrected chi connectivity index (χ4v) is 12.5. The highest BCUT2D eigenvalue weighted by molar-refractivity contribution is 5.21. The quantitative estimate of drug-likeness (QED) is 0.138. The molecule has 4 saturated carbocycles. The number of rotatable bonds is 12. The Morgan fingerprint density at radius 1 is 0.792 bits per heavy atom. The van der Waals surface area contributed by atoms with Crippen LogP contribution in [0.15, 0.2) is 0 Å². The van der Waals surface area contributed by atoms with Crippen molar-refractivity contribution < 1.29 is 69.3 Å². The number of fused-ring (bicyclic) bond motifs is 5. The molecule has 2 heterocycles. The molecular formula is C39H68O14. The second kappa shape index (κ2) is 16.0. The van der Waals surface area contributed by atoms with Crippen molar-refractivity contribution in [3.63, 3.8) is 0 Å². The maximum atomic E-state index is 12.7. The molecule has 0 unspecified atom stereocenters. The lowest BCUT2D eigenvalue weighted by molar-refractivity contribution is -0.313. The summed E-state index contributed by atoms with van der Waals surface area (Å²) in [6.45, 7) is 10.1. The SMILES string of the molecule is CO[C@@H]1[C@H](O[C@@H]2[C@H](O[C@H](CC[C@@H](C)[C@H]3C[C@@H](O)[C@@H]4[C@]3(C)CC[C@@H]3[C@@]5(C)CC[C@H](O)[C@H](O)[C@@H]5[C@@H](O)C[C@]34O)C(C)C)O[C@@H](CO)[C@H]2O)OC[C@H](OC)[C@H]1O. The van der Waals surface area contributed by atoms with Crippen molar-refractivity contribution in [2.24, 2.45) is 46.3 Å². The minimum absolute atomic E-state index is 0.0501. The summed E-state index contributed by atoms with van der Waals surface area (Å²) in [7, 11) is 2.89. The molecule has 308 valence electrons. The van der Waals surface area contributed by atoms with E-state index >= 15 is 0 Å². The van der Waals surface area contributed by atoms with Gasteiger partial charge in [-0.25, -0.2) is 0 Å². The van der Waals surface area contributed by atoms with E-state index in [4.69, 9.17) is 28.4 Å². The topological polar surface area (TPSA) is 217 Å². The van der Waals surface area contributed by atoms with E-state index in [1.807, 2.05) is 20.8 Å². The minimum atomic E-state index is -1.31. The molecule has 14 nitrogen and oxygen atoms in total. The van der Waals surface area contributed by atoms with Gasteiger partial charge in [0.2, 0.25) is 0 Å². The van der Waals surface area contributed by atoms with Crippen LogP contribution >= 0.6 is 0 Å². The van der Waals surface area contributed by atoms with Gasteiger partial charge in [0.1, 0.15) is 36.6 Å². The third-order valence-electron chi connectivity index (χ3n) is 15.2. The molecule has 0 aromatic carbocycles. The predicted molar refractivity (Wildman–Crippen MR) is 189 cm³/mol. The highest BCUT2D eigenvalue weighted by Gasteiger charge is 2.71. The largest absolute Gasteiger partial charge is 0.394 e. The second-order valence-electron chi connectivity index (χ2n) is 18.3. The number of ether oxygens (including phenoxy) is 6. The van der Waals surface area contributed by atoms with Gasteiger partial charge in [0, 0.05) is 32.5 Å². The molecule has 6 fully saturated rings. The predicted octanol–water partition coefficient (Wildman–Crippen LogP) is 0.702. The molecule has 21 atom stereocenters. The van der Waals surface area contributed by atoms with Gasteiger partial charge >= 0.3 is 0 Å². The van der Waals surface area contributed by atoms with Crippen LogP contribution in [0.25, 0.3) is 0 Å². The summed E-state index contributed by atoms with van der Waals surface area (Å²) in [5.41, 5.74) is -2.26. The summed E-state index contributed by atoms with van der Waals surface area (Å²) in [6, 6.07) is 0. The molecule has 0 aromatic heterocycles. The molecule has 8 N–H and O–H groups in total. The zero-order chi connectivity index (χ0) is 38.8. The number of methoxy groups -OCH3 is 2. The van der Waals surface area contributed by atoms with Gasteiger partial charge in [0.15, 0.2) is 12.6 Å². The maximum absolute atomic E-state index is 12.7. The lowest BCUT2D eigenvalue weighted by atomic mass is 9.41. The monoisotopic (exact) mass is 760 g/mol. The van der Waals surface area contributed by atoms with E-state index in [9.17, 15) is 40.9 Å². The van der Waals surface area contributed by atoms with Gasteiger partial charge in [-0.15, -0.1) is 0 Å². The first kappa shape index (κ1) is 42.1. The van der Waals surface area contributed by atoms with Gasteiger partial charge < -0.3 is 69.3 Å². The molecule has 0 radical (unpaired) electrons. The van der Waals surface area contributed by atoms with Crippen LogP contribution in [0.1, 0.15) is 86.0 Å². The summed E-state index contributed by atoms with van der Waals surface area (Å²) in [6.07, 6.45) is -7.34. The Bertz CT molecular complexity index is 1230. The standard InChI is InChI=1S/C39H68O14/c1-18(2)24(51-36-33(30(45)25(16-40)52-36)53-35-32(49-7)31(46)26(48-6)17-50-35)9-8-19(3)20-14-22(42)34-37(20,4)13-11-27-38(5)12-10-21(41)29(44)28(38)23(43)15-39(27,34)47/h18-36,40-47H,8-17H2,1-7H3/t19-,20-,21+,22-,23+,24-,25+,26+,27-,28+,29+,30-,31-,32+,33+,34-,35+,36-,37-,38-,39+/m1/s1. The molecule has 6 aliphatic rings. The molecule has 14 heteroatoms. The normalized spacial score (nSPS) is 52.5. The summed E-state index contributed by atoms with van der Waals surface area (Å²) < 4.78 is 35.4. The maximum Gasteiger partial charge on any atom is 0.187 e. The van der Waals surface area contributed by atoms with Crippen molar-refractivity contribution in [3.05, 3.63) is 0 Å². The van der Waals surface area contributed by atoms with Gasteiger partial charge in [-0.1, -0.05) is 34.6 Å². The highest BCUT2D eigenvalue weighted by atomic mass is 16.8. The van der Waals surface area contributed by atoms with Crippen LogP contribution in [0.4, 0.5) is 0 Å². The van der Waals surface area contributed by atoms with E-state index in [1.54, 1.807) is 0 Å². The lowest BCUT2D eigenvalue weighted by Crippen LogP contribution is -2.70. The first-order valence-electron chi connectivity index (χ1n) is 20.0. The van der Waals surface area contributed by atoms with Crippen molar-refractivity contribution >= 4 is 0 Å². The Morgan fingerprint density at radius 2 is 1.49 bits per heavy atom. The van der Waals surface area contributed by atoms with Crippen LogP contribution in [0, 0.1) is 46.3 Å². The van der Waals surface area contributed by atoms with Crippen molar-refractivity contribution in [2.45, 2.75) is 171 Å². The Labute approximate surface area is 314 Å². The van der Waals surface area contributed by atoms with E-state index < -0.39 is 103 Å². The van der Waals surface area contributed by atoms with Crippen LogP contribution < -0.4 is 0 Å². The molecular weight excluding hydrogens is 692 g/mol. The van der Waals surface area contributed by atoms with Crippen LogP contribution in [-0.2, 0) is 28.4 Å². The molecule has 0 amide bonds. The number of aliphatic hydroxyl groups is 8. The molecule has 0 spiro atoms. The second-order valence-corrected chi connectivity index (χ2v) is 18.3. The molecule has 0 aromatic rings. The molecule has 53 heavy (non-hydrogen) atoms. The van der Waals surface area contributed by atoms with Gasteiger partial charge in [-0.2, -0.15) is 0 Å². The molecule has 2 saturated heterocycles. The van der Waals surface area contributed by atoms with Crippen molar-refractivity contribution in [1.82, 2.24) is 0 Å². The van der Waals surface area contributed by atoms with E-state index in [2.05, 4.69) is 13.8 Å². The third-order valence-corrected chi connectivity index (χ3v) is 15.2. The number of hydrogen-bond donors (Lipinski definition) is 8. The van der Waals surface area contributed by atoms with Crippen molar-refractivity contribution in [2.75, 3.05) is 27.4 Å². The Morgan fingerprint density at radius 3 is 2.13 bits per heavy atom. The first-order valence-corrected chi connectivity index (χ1v) is 20.0. The average molecular weight is 761 g/mol.